The summed E-state index contributed by atoms with van der Waals surface area (Å²) in [5, 5.41) is 2.93. The molecule has 1 aliphatic rings. The number of nitrogen functional groups attached to an aromatic ring is 1. The zero-order valence-corrected chi connectivity index (χ0v) is 14.0. The van der Waals surface area contributed by atoms with Gasteiger partial charge in [-0.2, -0.15) is 0 Å². The maximum absolute atomic E-state index is 12.3. The highest BCUT2D eigenvalue weighted by molar-refractivity contribution is 6.04. The zero-order chi connectivity index (χ0) is 17.9. The van der Waals surface area contributed by atoms with Gasteiger partial charge in [0.1, 0.15) is 12.1 Å². The van der Waals surface area contributed by atoms with Crippen LogP contribution in [-0.2, 0) is 6.42 Å². The minimum absolute atomic E-state index is 0.0645. The third-order valence-electron chi connectivity index (χ3n) is 4.33. The molecule has 6 nitrogen and oxygen atoms in total. The molecule has 2 aromatic carbocycles. The normalized spacial score (nSPS) is 15.3. The lowest BCUT2D eigenvalue weighted by molar-refractivity contribution is 0.102. The largest absolute Gasteiger partial charge is 0.383 e. The van der Waals surface area contributed by atoms with E-state index >= 15 is 0 Å². The van der Waals surface area contributed by atoms with Crippen molar-refractivity contribution < 1.29 is 4.79 Å². The van der Waals surface area contributed by atoms with Gasteiger partial charge in [0.25, 0.3) is 5.91 Å². The SMILES string of the molecule is Nc1ncnc2c1C=NC(c1cccc(NC(=O)c3ccccc3)c1)C2. The Morgan fingerprint density at radius 3 is 2.77 bits per heavy atom. The van der Waals surface area contributed by atoms with Crippen molar-refractivity contribution in [2.24, 2.45) is 4.99 Å². The molecule has 128 valence electrons. The van der Waals surface area contributed by atoms with E-state index in [1.807, 2.05) is 42.5 Å². The molecule has 6 heteroatoms. The predicted octanol–water partition coefficient (Wildman–Crippen LogP) is 3.03. The first-order chi connectivity index (χ1) is 12.7. The van der Waals surface area contributed by atoms with Crippen LogP contribution in [0, 0.1) is 0 Å². The molecule has 0 bridgehead atoms. The molecule has 3 N–H and O–H groups in total. The molecule has 26 heavy (non-hydrogen) atoms. The Balaban J connectivity index is 1.55. The number of nitrogens with one attached hydrogen (secondary N) is 1. The molecule has 1 aromatic heterocycles. The molecular weight excluding hydrogens is 326 g/mol. The fraction of sp³-hybridized carbons (Fsp3) is 0.100. The van der Waals surface area contributed by atoms with Crippen molar-refractivity contribution >= 4 is 23.6 Å². The Kier molecular flexibility index (Phi) is 4.15. The minimum Gasteiger partial charge on any atom is -0.383 e. The van der Waals surface area contributed by atoms with Gasteiger partial charge < -0.3 is 11.1 Å². The molecule has 0 saturated carbocycles. The highest BCUT2D eigenvalue weighted by atomic mass is 16.1. The van der Waals surface area contributed by atoms with Crippen LogP contribution in [0.1, 0.15) is 33.2 Å². The Morgan fingerprint density at radius 2 is 1.92 bits per heavy atom. The van der Waals surface area contributed by atoms with Crippen molar-refractivity contribution in [3.05, 3.63) is 83.3 Å². The fourth-order valence-electron chi connectivity index (χ4n) is 2.97. The van der Waals surface area contributed by atoms with Crippen molar-refractivity contribution in [3.63, 3.8) is 0 Å². The van der Waals surface area contributed by atoms with E-state index in [2.05, 4.69) is 20.3 Å². The van der Waals surface area contributed by atoms with Gasteiger partial charge in [0.15, 0.2) is 0 Å². The third-order valence-corrected chi connectivity index (χ3v) is 4.33. The number of amides is 1. The molecule has 3 aromatic rings. The molecule has 2 heterocycles. The monoisotopic (exact) mass is 343 g/mol. The predicted molar refractivity (Wildman–Crippen MR) is 101 cm³/mol. The third kappa shape index (κ3) is 3.17. The summed E-state index contributed by atoms with van der Waals surface area (Å²) in [7, 11) is 0. The molecule has 4 rings (SSSR count). The van der Waals surface area contributed by atoms with Gasteiger partial charge in [0.05, 0.1) is 17.3 Å². The Bertz CT molecular complexity index is 985. The summed E-state index contributed by atoms with van der Waals surface area (Å²) in [6.45, 7) is 0. The van der Waals surface area contributed by atoms with Gasteiger partial charge >= 0.3 is 0 Å². The quantitative estimate of drug-likeness (QED) is 0.764. The number of rotatable bonds is 3. The summed E-state index contributed by atoms with van der Waals surface area (Å²) in [5.41, 5.74) is 9.91. The first-order valence-electron chi connectivity index (χ1n) is 8.29. The number of fused-ring (bicyclic) bond motifs is 1. The van der Waals surface area contributed by atoms with Crippen molar-refractivity contribution in [1.29, 1.82) is 0 Å². The maximum Gasteiger partial charge on any atom is 0.255 e. The van der Waals surface area contributed by atoms with Crippen LogP contribution < -0.4 is 11.1 Å². The average Bonchev–Trinajstić information content (AvgIpc) is 2.69. The second-order valence-electron chi connectivity index (χ2n) is 6.06. The number of carbonyl (C=O) groups excluding carboxylic acids is 1. The van der Waals surface area contributed by atoms with Gasteiger partial charge in [-0.3, -0.25) is 9.79 Å². The summed E-state index contributed by atoms with van der Waals surface area (Å²) >= 11 is 0. The van der Waals surface area contributed by atoms with E-state index < -0.39 is 0 Å². The van der Waals surface area contributed by atoms with Gasteiger partial charge in [-0.05, 0) is 29.8 Å². The topological polar surface area (TPSA) is 93.3 Å². The van der Waals surface area contributed by atoms with E-state index in [1.54, 1.807) is 18.3 Å². The van der Waals surface area contributed by atoms with E-state index in [0.29, 0.717) is 17.8 Å². The summed E-state index contributed by atoms with van der Waals surface area (Å²) < 4.78 is 0. The van der Waals surface area contributed by atoms with Crippen LogP contribution in [0.2, 0.25) is 0 Å². The van der Waals surface area contributed by atoms with Crippen LogP contribution in [0.25, 0.3) is 0 Å². The van der Waals surface area contributed by atoms with E-state index in [0.717, 1.165) is 22.5 Å². The molecule has 1 atom stereocenters. The highest BCUT2D eigenvalue weighted by Crippen LogP contribution is 2.29. The summed E-state index contributed by atoms with van der Waals surface area (Å²) in [6.07, 6.45) is 3.85. The number of hydrogen-bond donors (Lipinski definition) is 2. The number of nitrogens with two attached hydrogens (primary N) is 1. The molecule has 0 saturated heterocycles. The van der Waals surface area contributed by atoms with Crippen molar-refractivity contribution in [3.8, 4) is 0 Å². The molecular formula is C20H17N5O. The summed E-state index contributed by atoms with van der Waals surface area (Å²) in [6, 6.07) is 16.8. The smallest absolute Gasteiger partial charge is 0.255 e. The molecule has 1 unspecified atom stereocenters. The van der Waals surface area contributed by atoms with Gasteiger partial charge in [0, 0.05) is 23.9 Å². The fourth-order valence-corrected chi connectivity index (χ4v) is 2.97. The van der Waals surface area contributed by atoms with Crippen LogP contribution in [0.5, 0.6) is 0 Å². The number of nitrogens with zero attached hydrogens (tertiary/aromatic N) is 3. The molecule has 0 radical (unpaired) electrons. The van der Waals surface area contributed by atoms with Crippen molar-refractivity contribution in [1.82, 2.24) is 9.97 Å². The van der Waals surface area contributed by atoms with Crippen LogP contribution in [0.4, 0.5) is 11.5 Å². The van der Waals surface area contributed by atoms with Gasteiger partial charge in [-0.25, -0.2) is 9.97 Å². The van der Waals surface area contributed by atoms with E-state index in [1.165, 1.54) is 6.33 Å². The van der Waals surface area contributed by atoms with E-state index in [9.17, 15) is 4.79 Å². The highest BCUT2D eigenvalue weighted by Gasteiger charge is 2.20. The molecule has 0 aliphatic carbocycles. The first-order valence-corrected chi connectivity index (χ1v) is 8.29. The van der Waals surface area contributed by atoms with Crippen LogP contribution in [0.3, 0.4) is 0 Å². The lowest BCUT2D eigenvalue weighted by atomic mass is 9.97. The summed E-state index contributed by atoms with van der Waals surface area (Å²) in [5.74, 6) is 0.307. The van der Waals surface area contributed by atoms with Crippen molar-refractivity contribution in [2.75, 3.05) is 11.1 Å². The molecule has 0 fully saturated rings. The average molecular weight is 343 g/mol. The number of anilines is 2. The Labute approximate surface area is 150 Å². The number of benzene rings is 2. The second-order valence-corrected chi connectivity index (χ2v) is 6.06. The zero-order valence-electron chi connectivity index (χ0n) is 14.0. The number of hydrogen-bond acceptors (Lipinski definition) is 5. The van der Waals surface area contributed by atoms with Gasteiger partial charge in [0.2, 0.25) is 0 Å². The number of aliphatic imine (C=N–C) groups is 1. The van der Waals surface area contributed by atoms with Crippen molar-refractivity contribution in [2.45, 2.75) is 12.5 Å². The van der Waals surface area contributed by atoms with E-state index in [-0.39, 0.29) is 11.9 Å². The number of aromatic nitrogens is 2. The minimum atomic E-state index is -0.138. The van der Waals surface area contributed by atoms with Crippen LogP contribution in [0.15, 0.2) is 65.9 Å². The standard InChI is InChI=1S/C20H17N5O/c21-19-16-11-22-17(10-18(16)23-12-24-19)14-7-4-8-15(9-14)25-20(26)13-5-2-1-3-6-13/h1-9,11-12,17H,10H2,(H,25,26)(H2,21,23,24). The molecule has 1 aliphatic heterocycles. The van der Waals surface area contributed by atoms with Gasteiger partial charge in [-0.15, -0.1) is 0 Å². The Morgan fingerprint density at radius 1 is 1.08 bits per heavy atom. The molecule has 0 spiro atoms. The first kappa shape index (κ1) is 16.0. The lowest BCUT2D eigenvalue weighted by Crippen LogP contribution is -2.14. The van der Waals surface area contributed by atoms with Crippen LogP contribution >= 0.6 is 0 Å². The lowest BCUT2D eigenvalue weighted by Gasteiger charge is -2.19. The number of carbonyl (C=O) groups is 1. The summed E-state index contributed by atoms with van der Waals surface area (Å²) in [4.78, 5) is 25.2. The van der Waals surface area contributed by atoms with E-state index in [4.69, 9.17) is 5.73 Å². The Hall–Kier alpha value is -3.54. The van der Waals surface area contributed by atoms with Gasteiger partial charge in [-0.1, -0.05) is 30.3 Å². The van der Waals surface area contributed by atoms with Crippen LogP contribution in [-0.4, -0.2) is 22.1 Å². The molecule has 1 amide bonds. The second kappa shape index (κ2) is 6.76. The maximum atomic E-state index is 12.3.